The monoisotopic (exact) mass is 160 g/mol. The number of nitrogens with zero attached hydrogens (tertiary/aromatic N) is 1. The lowest BCUT2D eigenvalue weighted by molar-refractivity contribution is -0.133. The van der Waals surface area contributed by atoms with Gasteiger partial charge in [0.2, 0.25) is 5.91 Å². The van der Waals surface area contributed by atoms with Crippen LogP contribution in [0.4, 0.5) is 0 Å². The minimum Gasteiger partial charge on any atom is -0.387 e. The Morgan fingerprint density at radius 3 is 2.27 bits per heavy atom. The van der Waals surface area contributed by atoms with E-state index in [1.54, 1.807) is 4.90 Å². The van der Waals surface area contributed by atoms with E-state index in [0.29, 0.717) is 0 Å². The summed E-state index contributed by atoms with van der Waals surface area (Å²) < 4.78 is 0. The van der Waals surface area contributed by atoms with Crippen LogP contribution in [-0.4, -0.2) is 42.7 Å². The maximum absolute atomic E-state index is 10.7. The van der Waals surface area contributed by atoms with E-state index in [2.05, 4.69) is 5.73 Å². The van der Waals surface area contributed by atoms with Gasteiger partial charge in [0, 0.05) is 13.1 Å². The minimum absolute atomic E-state index is 0.132. The molecule has 1 aliphatic heterocycles. The molecule has 0 aliphatic carbocycles. The summed E-state index contributed by atoms with van der Waals surface area (Å²) in [5.74, 6) is -0.132. The van der Waals surface area contributed by atoms with Crippen LogP contribution >= 0.6 is 0 Å². The average Bonchev–Trinajstić information content (AvgIpc) is 2.59. The third kappa shape index (κ3) is 3.34. The van der Waals surface area contributed by atoms with Crippen LogP contribution in [-0.2, 0) is 4.79 Å². The van der Waals surface area contributed by atoms with Crippen LogP contribution in [0.25, 0.3) is 0 Å². The van der Waals surface area contributed by atoms with Gasteiger partial charge in [0.25, 0.3) is 0 Å². The lowest BCUT2D eigenvalue weighted by Gasteiger charge is -2.11. The summed E-state index contributed by atoms with van der Waals surface area (Å²) in [6.45, 7) is 1.33. The summed E-state index contributed by atoms with van der Waals surface area (Å²) in [7, 11) is 1.50. The first-order chi connectivity index (χ1) is 5.34. The van der Waals surface area contributed by atoms with Crippen molar-refractivity contribution in [2.75, 3.05) is 26.7 Å². The molecule has 4 nitrogen and oxygen atoms in total. The molecule has 0 aromatic rings. The molecule has 0 spiro atoms. The molecule has 1 fully saturated rings. The first-order valence-corrected chi connectivity index (χ1v) is 3.81. The van der Waals surface area contributed by atoms with Crippen molar-refractivity contribution in [3.05, 3.63) is 0 Å². The van der Waals surface area contributed by atoms with Crippen LogP contribution < -0.4 is 5.73 Å². The van der Waals surface area contributed by atoms with Gasteiger partial charge in [0.15, 0.2) is 0 Å². The second kappa shape index (κ2) is 6.12. The number of amides is 1. The zero-order valence-electron chi connectivity index (χ0n) is 6.92. The summed E-state index contributed by atoms with van der Waals surface area (Å²) in [5, 5.41) is 8.40. The van der Waals surface area contributed by atoms with E-state index in [0.717, 1.165) is 25.9 Å². The zero-order chi connectivity index (χ0) is 8.69. The van der Waals surface area contributed by atoms with Gasteiger partial charge in [-0.25, -0.2) is 0 Å². The fraction of sp³-hybridized carbons (Fsp3) is 0.857. The molecule has 1 heterocycles. The SMILES string of the molecule is CN.O=C(CO)N1CCCC1. The van der Waals surface area contributed by atoms with Crippen LogP contribution in [0.5, 0.6) is 0 Å². The van der Waals surface area contributed by atoms with Crippen molar-refractivity contribution in [3.8, 4) is 0 Å². The topological polar surface area (TPSA) is 66.6 Å². The Labute approximate surface area is 67.0 Å². The lowest BCUT2D eigenvalue weighted by Crippen LogP contribution is -2.29. The Balaban J connectivity index is 0.000000461. The Morgan fingerprint density at radius 2 is 1.91 bits per heavy atom. The predicted molar refractivity (Wildman–Crippen MR) is 43.0 cm³/mol. The number of likely N-dealkylation sites (tertiary alicyclic amines) is 1. The minimum atomic E-state index is -0.333. The van der Waals surface area contributed by atoms with Gasteiger partial charge in [-0.2, -0.15) is 0 Å². The molecule has 3 N–H and O–H groups in total. The molecule has 0 radical (unpaired) electrons. The summed E-state index contributed by atoms with van der Waals surface area (Å²) in [4.78, 5) is 12.4. The highest BCUT2D eigenvalue weighted by atomic mass is 16.3. The molecule has 0 aromatic carbocycles. The van der Waals surface area contributed by atoms with E-state index in [9.17, 15) is 4.79 Å². The summed E-state index contributed by atoms with van der Waals surface area (Å²) >= 11 is 0. The van der Waals surface area contributed by atoms with Crippen molar-refractivity contribution in [3.63, 3.8) is 0 Å². The Morgan fingerprint density at radius 1 is 1.45 bits per heavy atom. The van der Waals surface area contributed by atoms with Gasteiger partial charge in [-0.1, -0.05) is 0 Å². The molecular weight excluding hydrogens is 144 g/mol. The number of rotatable bonds is 1. The standard InChI is InChI=1S/C6H11NO2.CH5N/c8-5-6(9)7-3-1-2-4-7;1-2/h8H,1-5H2;2H2,1H3. The van der Waals surface area contributed by atoms with Gasteiger partial charge >= 0.3 is 0 Å². The highest BCUT2D eigenvalue weighted by Crippen LogP contribution is 2.06. The van der Waals surface area contributed by atoms with E-state index >= 15 is 0 Å². The highest BCUT2D eigenvalue weighted by Gasteiger charge is 2.15. The highest BCUT2D eigenvalue weighted by molar-refractivity contribution is 5.77. The molecular formula is C7H16N2O2. The van der Waals surface area contributed by atoms with Crippen LogP contribution in [0.2, 0.25) is 0 Å². The van der Waals surface area contributed by atoms with E-state index in [-0.39, 0.29) is 12.5 Å². The van der Waals surface area contributed by atoms with Crippen molar-refractivity contribution in [2.45, 2.75) is 12.8 Å². The largest absolute Gasteiger partial charge is 0.387 e. The third-order valence-electron chi connectivity index (χ3n) is 1.59. The van der Waals surface area contributed by atoms with E-state index in [1.165, 1.54) is 7.05 Å². The Bertz CT molecular complexity index is 111. The molecule has 11 heavy (non-hydrogen) atoms. The molecule has 0 saturated carbocycles. The van der Waals surface area contributed by atoms with Gasteiger partial charge in [-0.05, 0) is 19.9 Å². The quantitative estimate of drug-likeness (QED) is 0.526. The van der Waals surface area contributed by atoms with Gasteiger partial charge in [0.1, 0.15) is 6.61 Å². The van der Waals surface area contributed by atoms with Crippen molar-refractivity contribution >= 4 is 5.91 Å². The first kappa shape index (κ1) is 10.4. The molecule has 0 aromatic heterocycles. The third-order valence-corrected chi connectivity index (χ3v) is 1.59. The molecule has 4 heteroatoms. The first-order valence-electron chi connectivity index (χ1n) is 3.81. The Kier molecular flexibility index (Phi) is 5.78. The van der Waals surface area contributed by atoms with Crippen LogP contribution in [0.3, 0.4) is 0 Å². The zero-order valence-corrected chi connectivity index (χ0v) is 6.92. The molecule has 0 unspecified atom stereocenters. The molecule has 1 amide bonds. The van der Waals surface area contributed by atoms with E-state index in [1.807, 2.05) is 0 Å². The van der Waals surface area contributed by atoms with Crippen molar-refractivity contribution in [2.24, 2.45) is 5.73 Å². The maximum atomic E-state index is 10.7. The lowest BCUT2D eigenvalue weighted by atomic mass is 10.4. The number of carbonyl (C=O) groups is 1. The number of hydrogen-bond acceptors (Lipinski definition) is 3. The second-order valence-electron chi connectivity index (χ2n) is 2.25. The average molecular weight is 160 g/mol. The van der Waals surface area contributed by atoms with Crippen molar-refractivity contribution in [1.29, 1.82) is 0 Å². The number of carbonyl (C=O) groups excluding carboxylic acids is 1. The number of nitrogens with two attached hydrogens (primary N) is 1. The smallest absolute Gasteiger partial charge is 0.248 e. The molecule has 66 valence electrons. The van der Waals surface area contributed by atoms with Crippen LogP contribution in [0, 0.1) is 0 Å². The van der Waals surface area contributed by atoms with E-state index in [4.69, 9.17) is 5.11 Å². The summed E-state index contributed by atoms with van der Waals surface area (Å²) in [5.41, 5.74) is 4.50. The predicted octanol–water partition coefficient (Wildman–Crippen LogP) is -0.824. The molecule has 1 rings (SSSR count). The molecule has 1 saturated heterocycles. The molecule has 1 aliphatic rings. The summed E-state index contributed by atoms with van der Waals surface area (Å²) in [6.07, 6.45) is 2.18. The maximum Gasteiger partial charge on any atom is 0.248 e. The second-order valence-corrected chi connectivity index (χ2v) is 2.25. The van der Waals surface area contributed by atoms with Crippen molar-refractivity contribution in [1.82, 2.24) is 4.90 Å². The summed E-state index contributed by atoms with van der Waals surface area (Å²) in [6, 6.07) is 0. The molecule has 0 atom stereocenters. The fourth-order valence-electron chi connectivity index (χ4n) is 1.07. The Hall–Kier alpha value is -0.610. The van der Waals surface area contributed by atoms with E-state index < -0.39 is 0 Å². The number of aliphatic hydroxyl groups is 1. The van der Waals surface area contributed by atoms with Gasteiger partial charge in [0.05, 0.1) is 0 Å². The van der Waals surface area contributed by atoms with Gasteiger partial charge in [-0.3, -0.25) is 4.79 Å². The van der Waals surface area contributed by atoms with Crippen molar-refractivity contribution < 1.29 is 9.90 Å². The number of aliphatic hydroxyl groups excluding tert-OH is 1. The molecule has 0 bridgehead atoms. The van der Waals surface area contributed by atoms with Crippen LogP contribution in [0.15, 0.2) is 0 Å². The van der Waals surface area contributed by atoms with Gasteiger partial charge < -0.3 is 15.7 Å². The normalized spacial score (nSPS) is 15.7. The fourth-order valence-corrected chi connectivity index (χ4v) is 1.07. The van der Waals surface area contributed by atoms with Gasteiger partial charge in [-0.15, -0.1) is 0 Å². The van der Waals surface area contributed by atoms with Crippen LogP contribution in [0.1, 0.15) is 12.8 Å². The number of hydrogen-bond donors (Lipinski definition) is 2.